The Kier molecular flexibility index (Phi) is 4.09. The third-order valence-corrected chi connectivity index (χ3v) is 11.1. The van der Waals surface area contributed by atoms with E-state index in [0.717, 1.165) is 19.3 Å². The second-order valence-electron chi connectivity index (χ2n) is 12.2. The van der Waals surface area contributed by atoms with E-state index < -0.39 is 0 Å². The zero-order chi connectivity index (χ0) is 20.8. The van der Waals surface area contributed by atoms with Gasteiger partial charge in [-0.3, -0.25) is 9.59 Å². The maximum Gasteiger partial charge on any atom is 0.306 e. The molecule has 5 rings (SSSR count). The Balaban J connectivity index is 1.52. The number of fused-ring (bicyclic) bond motifs is 5. The summed E-state index contributed by atoms with van der Waals surface area (Å²) in [5.41, 5.74) is 2.25. The van der Waals surface area contributed by atoms with Crippen molar-refractivity contribution in [1.29, 1.82) is 0 Å². The minimum absolute atomic E-state index is 0.00206. The third-order valence-electron chi connectivity index (χ3n) is 11.1. The quantitative estimate of drug-likeness (QED) is 0.419. The van der Waals surface area contributed by atoms with E-state index in [1.165, 1.54) is 25.7 Å². The summed E-state index contributed by atoms with van der Waals surface area (Å²) < 4.78 is 5.38. The van der Waals surface area contributed by atoms with Gasteiger partial charge in [0.15, 0.2) is 0 Å². The van der Waals surface area contributed by atoms with Crippen molar-refractivity contribution < 1.29 is 14.3 Å². The highest BCUT2D eigenvalue weighted by Crippen LogP contribution is 2.73. The molecule has 0 bridgehead atoms. The van der Waals surface area contributed by atoms with Gasteiger partial charge < -0.3 is 4.74 Å². The number of allylic oxidation sites excluding steroid dienone is 2. The number of Topliss-reactive ketones (excluding diaryl/α,β-unsaturated/α-hetero) is 1. The number of ether oxygens (including phenoxy) is 1. The molecule has 0 N–H and O–H groups in total. The Labute approximate surface area is 176 Å². The van der Waals surface area contributed by atoms with Crippen molar-refractivity contribution in [1.82, 2.24) is 0 Å². The summed E-state index contributed by atoms with van der Waals surface area (Å²) in [6.45, 7) is 12.6. The normalized spacial score (nSPS) is 51.0. The molecule has 160 valence electrons. The van der Waals surface area contributed by atoms with Gasteiger partial charge in [0, 0.05) is 17.8 Å². The number of rotatable bonds is 1. The van der Waals surface area contributed by atoms with Crippen LogP contribution in [0.2, 0.25) is 0 Å². The molecule has 5 aliphatic rings. The standard InChI is InChI=1S/C26H38O3/c1-23(2)20-7-6-19-18(24(20,3)11-10-21(23)27)9-13-25(4)17(8-12-26(19,25)5)16-14-22(28)29-15-16/h6,16-18,20H,7-15H2,1-5H3/t16-,17+,18+,20+,24-,25+,26-/m1/s1. The Morgan fingerprint density at radius 2 is 1.76 bits per heavy atom. The highest BCUT2D eigenvalue weighted by atomic mass is 16.5. The van der Waals surface area contributed by atoms with E-state index in [1.807, 2.05) is 0 Å². The lowest BCUT2D eigenvalue weighted by atomic mass is 9.41. The van der Waals surface area contributed by atoms with Gasteiger partial charge in [-0.2, -0.15) is 0 Å². The van der Waals surface area contributed by atoms with Crippen LogP contribution in [0.5, 0.6) is 0 Å². The van der Waals surface area contributed by atoms with Crippen LogP contribution < -0.4 is 0 Å². The summed E-state index contributed by atoms with van der Waals surface area (Å²) in [7, 11) is 0. The van der Waals surface area contributed by atoms with Gasteiger partial charge >= 0.3 is 5.97 Å². The molecule has 0 unspecified atom stereocenters. The fourth-order valence-corrected chi connectivity index (χ4v) is 9.10. The van der Waals surface area contributed by atoms with Gasteiger partial charge in [-0.25, -0.2) is 0 Å². The minimum atomic E-state index is -0.198. The molecule has 0 aromatic heterocycles. The van der Waals surface area contributed by atoms with Gasteiger partial charge in [0.1, 0.15) is 5.78 Å². The molecule has 0 radical (unpaired) electrons. The Bertz CT molecular complexity index is 794. The third kappa shape index (κ3) is 2.36. The van der Waals surface area contributed by atoms with Crippen molar-refractivity contribution in [3.05, 3.63) is 11.6 Å². The predicted octanol–water partition coefficient (Wildman–Crippen LogP) is 5.72. The number of hydrogen-bond acceptors (Lipinski definition) is 3. The molecule has 0 aromatic carbocycles. The first-order valence-corrected chi connectivity index (χ1v) is 11.9. The molecule has 4 fully saturated rings. The van der Waals surface area contributed by atoms with E-state index in [9.17, 15) is 9.59 Å². The first kappa shape index (κ1) is 19.8. The van der Waals surface area contributed by atoms with E-state index >= 15 is 0 Å². The maximum atomic E-state index is 12.7. The molecule has 3 saturated carbocycles. The number of cyclic esters (lactones) is 1. The smallest absolute Gasteiger partial charge is 0.306 e. The lowest BCUT2D eigenvalue weighted by molar-refractivity contribution is -0.146. The molecule has 4 aliphatic carbocycles. The van der Waals surface area contributed by atoms with Gasteiger partial charge in [-0.1, -0.05) is 46.3 Å². The highest BCUT2D eigenvalue weighted by Gasteiger charge is 2.65. The van der Waals surface area contributed by atoms with Crippen LogP contribution in [-0.2, 0) is 14.3 Å². The van der Waals surface area contributed by atoms with Crippen LogP contribution in [0.4, 0.5) is 0 Å². The molecule has 3 heteroatoms. The Hall–Kier alpha value is -1.12. The van der Waals surface area contributed by atoms with Crippen LogP contribution in [0.3, 0.4) is 0 Å². The second kappa shape index (κ2) is 5.98. The largest absolute Gasteiger partial charge is 0.465 e. The molecule has 29 heavy (non-hydrogen) atoms. The molecule has 3 nitrogen and oxygen atoms in total. The number of hydrogen-bond donors (Lipinski definition) is 0. The van der Waals surface area contributed by atoms with Crippen LogP contribution in [0.15, 0.2) is 11.6 Å². The lowest BCUT2D eigenvalue weighted by Gasteiger charge is -2.63. The second-order valence-corrected chi connectivity index (χ2v) is 12.2. The van der Waals surface area contributed by atoms with E-state index in [0.29, 0.717) is 42.5 Å². The van der Waals surface area contributed by atoms with Crippen LogP contribution in [-0.4, -0.2) is 18.4 Å². The van der Waals surface area contributed by atoms with Crippen molar-refractivity contribution in [2.45, 2.75) is 86.0 Å². The zero-order valence-electron chi connectivity index (χ0n) is 19.0. The summed E-state index contributed by atoms with van der Waals surface area (Å²) in [6, 6.07) is 0. The number of esters is 1. The van der Waals surface area contributed by atoms with E-state index in [-0.39, 0.29) is 27.6 Å². The van der Waals surface area contributed by atoms with Gasteiger partial charge in [0.05, 0.1) is 13.0 Å². The average Bonchev–Trinajstić information content (AvgIpc) is 3.19. The molecular formula is C26H38O3. The molecule has 0 amide bonds. The van der Waals surface area contributed by atoms with Crippen molar-refractivity contribution >= 4 is 11.8 Å². The minimum Gasteiger partial charge on any atom is -0.465 e. The Morgan fingerprint density at radius 3 is 2.45 bits per heavy atom. The SMILES string of the molecule is CC1(C)C(=O)CC[C@]2(C)[C@H]3CC[C@@]4(C)[C@H]([C@H]5COC(=O)C5)CC[C@]4(C)C3=CC[C@@H]12. The van der Waals surface area contributed by atoms with Crippen LogP contribution in [0.25, 0.3) is 0 Å². The van der Waals surface area contributed by atoms with E-state index in [1.54, 1.807) is 5.57 Å². The van der Waals surface area contributed by atoms with Gasteiger partial charge in [0.25, 0.3) is 0 Å². The fraction of sp³-hybridized carbons (Fsp3) is 0.846. The van der Waals surface area contributed by atoms with Crippen LogP contribution in [0.1, 0.15) is 86.0 Å². The number of ketones is 1. The number of carbonyl (C=O) groups is 2. The highest BCUT2D eigenvalue weighted by molar-refractivity contribution is 5.85. The molecule has 1 saturated heterocycles. The van der Waals surface area contributed by atoms with Crippen LogP contribution in [0, 0.1) is 45.3 Å². The first-order chi connectivity index (χ1) is 13.5. The van der Waals surface area contributed by atoms with Crippen molar-refractivity contribution in [3.63, 3.8) is 0 Å². The molecule has 1 heterocycles. The van der Waals surface area contributed by atoms with Gasteiger partial charge in [-0.15, -0.1) is 0 Å². The molecule has 0 spiro atoms. The Morgan fingerprint density at radius 1 is 1.00 bits per heavy atom. The zero-order valence-corrected chi connectivity index (χ0v) is 19.0. The molecule has 0 aromatic rings. The summed E-state index contributed by atoms with van der Waals surface area (Å²) in [5, 5.41) is 0. The maximum absolute atomic E-state index is 12.7. The van der Waals surface area contributed by atoms with Gasteiger partial charge in [0.2, 0.25) is 0 Å². The molecule has 7 atom stereocenters. The summed E-state index contributed by atoms with van der Waals surface area (Å²) in [5.74, 6) is 2.56. The molecule has 1 aliphatic heterocycles. The van der Waals surface area contributed by atoms with Crippen molar-refractivity contribution in [2.75, 3.05) is 6.61 Å². The topological polar surface area (TPSA) is 43.4 Å². The molecular weight excluding hydrogens is 360 g/mol. The number of carbonyl (C=O) groups excluding carboxylic acids is 2. The van der Waals surface area contributed by atoms with Crippen LogP contribution >= 0.6 is 0 Å². The predicted molar refractivity (Wildman–Crippen MR) is 113 cm³/mol. The first-order valence-electron chi connectivity index (χ1n) is 11.9. The average molecular weight is 399 g/mol. The summed E-state index contributed by atoms with van der Waals surface area (Å²) in [6.07, 6.45) is 11.0. The van der Waals surface area contributed by atoms with E-state index in [2.05, 4.69) is 40.7 Å². The summed E-state index contributed by atoms with van der Waals surface area (Å²) in [4.78, 5) is 24.5. The van der Waals surface area contributed by atoms with Gasteiger partial charge in [-0.05, 0) is 72.5 Å². The fourth-order valence-electron chi connectivity index (χ4n) is 9.10. The summed E-state index contributed by atoms with van der Waals surface area (Å²) >= 11 is 0. The van der Waals surface area contributed by atoms with Crippen molar-refractivity contribution in [2.24, 2.45) is 45.3 Å². The monoisotopic (exact) mass is 398 g/mol. The van der Waals surface area contributed by atoms with E-state index in [4.69, 9.17) is 4.74 Å². The van der Waals surface area contributed by atoms with Crippen molar-refractivity contribution in [3.8, 4) is 0 Å². The lowest BCUT2D eigenvalue weighted by Crippen LogP contribution is -2.57.